The molecule has 120 valence electrons. The van der Waals surface area contributed by atoms with Crippen molar-refractivity contribution in [1.29, 1.82) is 0 Å². The van der Waals surface area contributed by atoms with Gasteiger partial charge >= 0.3 is 18.1 Å². The molecular formula is C13H13F3N2O4. The zero-order chi connectivity index (χ0) is 16.7. The molecule has 1 aromatic carbocycles. The predicted octanol–water partition coefficient (Wildman–Crippen LogP) is 1.35. The molecular weight excluding hydrogens is 305 g/mol. The fourth-order valence-electron chi connectivity index (χ4n) is 2.49. The van der Waals surface area contributed by atoms with Crippen LogP contribution in [0.25, 0.3) is 0 Å². The maximum atomic E-state index is 12.6. The number of carbonyl (C=O) groups excluding carboxylic acids is 1. The molecule has 0 bridgehead atoms. The van der Waals surface area contributed by atoms with Gasteiger partial charge in [0.05, 0.1) is 12.8 Å². The zero-order valence-corrected chi connectivity index (χ0v) is 11.5. The van der Waals surface area contributed by atoms with E-state index in [4.69, 9.17) is 10.5 Å². The first kappa shape index (κ1) is 15.9. The highest BCUT2D eigenvalue weighted by molar-refractivity contribution is 5.89. The second-order valence-electron chi connectivity index (χ2n) is 4.78. The lowest BCUT2D eigenvalue weighted by Gasteiger charge is -2.35. The van der Waals surface area contributed by atoms with E-state index in [1.54, 1.807) is 0 Å². The monoisotopic (exact) mass is 318 g/mol. The van der Waals surface area contributed by atoms with Crippen molar-refractivity contribution in [2.45, 2.75) is 18.6 Å². The summed E-state index contributed by atoms with van der Waals surface area (Å²) in [5, 5.41) is 9.27. The van der Waals surface area contributed by atoms with Crippen LogP contribution >= 0.6 is 0 Å². The van der Waals surface area contributed by atoms with Gasteiger partial charge in [-0.3, -0.25) is 4.79 Å². The van der Waals surface area contributed by atoms with E-state index in [9.17, 15) is 27.9 Å². The Labute approximate surface area is 123 Å². The molecule has 1 unspecified atom stereocenters. The van der Waals surface area contributed by atoms with Crippen molar-refractivity contribution in [3.05, 3.63) is 23.3 Å². The summed E-state index contributed by atoms with van der Waals surface area (Å²) in [7, 11) is 1.30. The van der Waals surface area contributed by atoms with Crippen molar-refractivity contribution in [3.8, 4) is 5.75 Å². The number of methoxy groups -OCH3 is 1. The van der Waals surface area contributed by atoms with E-state index >= 15 is 0 Å². The minimum atomic E-state index is -5.14. The first-order valence-electron chi connectivity index (χ1n) is 6.23. The number of carboxylic acids is 1. The highest BCUT2D eigenvalue weighted by atomic mass is 19.4. The number of ether oxygens (including phenoxy) is 1. The maximum absolute atomic E-state index is 12.6. The summed E-state index contributed by atoms with van der Waals surface area (Å²) in [6.07, 6.45) is -5.06. The number of carboxylic acid groups (broad SMARTS) is 1. The van der Waals surface area contributed by atoms with Crippen LogP contribution in [0, 0.1) is 0 Å². The SMILES string of the molecule is COc1cc2c(cc1N)CCN(C(=O)C(F)(F)F)C2C(=O)O. The molecule has 6 nitrogen and oxygen atoms in total. The number of alkyl halides is 3. The molecule has 0 aliphatic carbocycles. The number of benzene rings is 1. The number of nitrogen functional groups attached to an aromatic ring is 1. The van der Waals surface area contributed by atoms with Crippen molar-refractivity contribution in [3.63, 3.8) is 0 Å². The summed E-state index contributed by atoms with van der Waals surface area (Å²) in [5.41, 5.74) is 6.51. The number of aliphatic carboxylic acids is 1. The van der Waals surface area contributed by atoms with Crippen molar-refractivity contribution in [2.24, 2.45) is 0 Å². The van der Waals surface area contributed by atoms with Crippen molar-refractivity contribution in [2.75, 3.05) is 19.4 Å². The normalized spacial score (nSPS) is 17.8. The molecule has 0 saturated carbocycles. The van der Waals surface area contributed by atoms with Crippen LogP contribution in [0.4, 0.5) is 18.9 Å². The van der Waals surface area contributed by atoms with Gasteiger partial charge in [0.15, 0.2) is 6.04 Å². The lowest BCUT2D eigenvalue weighted by atomic mass is 9.91. The van der Waals surface area contributed by atoms with Gasteiger partial charge in [0.25, 0.3) is 0 Å². The van der Waals surface area contributed by atoms with E-state index in [1.807, 2.05) is 0 Å². The molecule has 0 saturated heterocycles. The molecule has 1 atom stereocenters. The van der Waals surface area contributed by atoms with E-state index in [0.29, 0.717) is 10.5 Å². The van der Waals surface area contributed by atoms with Crippen molar-refractivity contribution >= 4 is 17.6 Å². The van der Waals surface area contributed by atoms with Gasteiger partial charge in [-0.1, -0.05) is 0 Å². The van der Waals surface area contributed by atoms with Crippen LogP contribution in [-0.2, 0) is 16.0 Å². The summed E-state index contributed by atoms with van der Waals surface area (Å²) in [6, 6.07) is 0.992. The number of nitrogens with two attached hydrogens (primary N) is 1. The third-order valence-corrected chi connectivity index (χ3v) is 3.46. The molecule has 1 amide bonds. The fraction of sp³-hybridized carbons (Fsp3) is 0.385. The number of halogens is 3. The molecule has 1 heterocycles. The number of fused-ring (bicyclic) bond motifs is 1. The van der Waals surface area contributed by atoms with Crippen LogP contribution in [0.15, 0.2) is 12.1 Å². The molecule has 22 heavy (non-hydrogen) atoms. The number of hydrogen-bond acceptors (Lipinski definition) is 4. The summed E-state index contributed by atoms with van der Waals surface area (Å²) < 4.78 is 42.8. The van der Waals surface area contributed by atoms with Gasteiger partial charge < -0.3 is 20.5 Å². The Hall–Kier alpha value is -2.45. The van der Waals surface area contributed by atoms with Gasteiger partial charge in [-0.2, -0.15) is 13.2 Å². The Morgan fingerprint density at radius 3 is 2.55 bits per heavy atom. The van der Waals surface area contributed by atoms with Crippen LogP contribution in [0.2, 0.25) is 0 Å². The summed E-state index contributed by atoms with van der Waals surface area (Å²) in [5.74, 6) is -3.59. The Kier molecular flexibility index (Phi) is 3.90. The number of hydrogen-bond donors (Lipinski definition) is 2. The quantitative estimate of drug-likeness (QED) is 0.803. The summed E-state index contributed by atoms with van der Waals surface area (Å²) in [4.78, 5) is 23.2. The largest absolute Gasteiger partial charge is 0.495 e. The molecule has 0 spiro atoms. The van der Waals surface area contributed by atoms with Gasteiger partial charge in [0.1, 0.15) is 5.75 Å². The third-order valence-electron chi connectivity index (χ3n) is 3.46. The number of amides is 1. The van der Waals surface area contributed by atoms with Crippen LogP contribution in [0.5, 0.6) is 5.75 Å². The lowest BCUT2D eigenvalue weighted by Crippen LogP contribution is -2.48. The highest BCUT2D eigenvalue weighted by Gasteiger charge is 2.48. The maximum Gasteiger partial charge on any atom is 0.471 e. The third kappa shape index (κ3) is 2.66. The molecule has 2 rings (SSSR count). The van der Waals surface area contributed by atoms with Gasteiger partial charge in [-0.15, -0.1) is 0 Å². The van der Waals surface area contributed by atoms with E-state index in [0.717, 1.165) is 0 Å². The smallest absolute Gasteiger partial charge is 0.471 e. The van der Waals surface area contributed by atoms with E-state index < -0.39 is 24.1 Å². The Bertz CT molecular complexity index is 630. The molecule has 0 radical (unpaired) electrons. The van der Waals surface area contributed by atoms with Gasteiger partial charge in [0.2, 0.25) is 0 Å². The molecule has 3 N–H and O–H groups in total. The van der Waals surface area contributed by atoms with Crippen LogP contribution in [0.1, 0.15) is 17.2 Å². The van der Waals surface area contributed by atoms with Gasteiger partial charge in [0, 0.05) is 6.54 Å². The van der Waals surface area contributed by atoms with Crippen LogP contribution in [0.3, 0.4) is 0 Å². The summed E-state index contributed by atoms with van der Waals surface area (Å²) in [6.45, 7) is -0.353. The van der Waals surface area contributed by atoms with Crippen molar-refractivity contribution in [1.82, 2.24) is 4.90 Å². The number of nitrogens with zero attached hydrogens (tertiary/aromatic N) is 1. The van der Waals surface area contributed by atoms with E-state index in [1.165, 1.54) is 19.2 Å². The average molecular weight is 318 g/mol. The molecule has 9 heteroatoms. The number of carbonyl (C=O) groups is 2. The van der Waals surface area contributed by atoms with Crippen molar-refractivity contribution < 1.29 is 32.6 Å². The fourth-order valence-corrected chi connectivity index (χ4v) is 2.49. The van der Waals surface area contributed by atoms with E-state index in [-0.39, 0.29) is 30.0 Å². The summed E-state index contributed by atoms with van der Waals surface area (Å²) >= 11 is 0. The molecule has 0 aromatic heterocycles. The number of rotatable bonds is 2. The first-order valence-corrected chi connectivity index (χ1v) is 6.23. The second-order valence-corrected chi connectivity index (χ2v) is 4.78. The first-order chi connectivity index (χ1) is 10.2. The average Bonchev–Trinajstić information content (AvgIpc) is 2.43. The van der Waals surface area contributed by atoms with Gasteiger partial charge in [-0.25, -0.2) is 4.79 Å². The topological polar surface area (TPSA) is 92.9 Å². The minimum absolute atomic E-state index is 0.0717. The van der Waals surface area contributed by atoms with Crippen LogP contribution in [-0.4, -0.2) is 41.7 Å². The lowest BCUT2D eigenvalue weighted by molar-refractivity contribution is -0.190. The minimum Gasteiger partial charge on any atom is -0.495 e. The number of anilines is 1. The Morgan fingerprint density at radius 2 is 2.05 bits per heavy atom. The van der Waals surface area contributed by atoms with E-state index in [2.05, 4.69) is 0 Å². The second kappa shape index (κ2) is 5.39. The van der Waals surface area contributed by atoms with Crippen LogP contribution < -0.4 is 10.5 Å². The molecule has 0 fully saturated rings. The Morgan fingerprint density at radius 1 is 1.41 bits per heavy atom. The Balaban J connectivity index is 2.53. The molecule has 1 aromatic rings. The molecule has 1 aliphatic rings. The predicted molar refractivity (Wildman–Crippen MR) is 69.3 cm³/mol. The standard InChI is InChI=1S/C13H13F3N2O4/c1-22-9-5-7-6(4-8(9)17)2-3-18(10(7)11(19)20)12(21)13(14,15)16/h4-5,10H,2-3,17H2,1H3,(H,19,20). The molecule has 1 aliphatic heterocycles. The highest BCUT2D eigenvalue weighted by Crippen LogP contribution is 2.37. The zero-order valence-electron chi connectivity index (χ0n) is 11.5. The van der Waals surface area contributed by atoms with Gasteiger partial charge in [-0.05, 0) is 29.7 Å².